The first-order chi connectivity index (χ1) is 15.2. The smallest absolute Gasteiger partial charge is 0.274 e. The summed E-state index contributed by atoms with van der Waals surface area (Å²) in [4.78, 5) is 13.1. The topological polar surface area (TPSA) is 117 Å². The van der Waals surface area contributed by atoms with Gasteiger partial charge in [0.2, 0.25) is 0 Å². The number of carbonyl (C=O) groups excluding carboxylic acids is 1. The number of fused-ring (bicyclic) bond motifs is 2. The quantitative estimate of drug-likeness (QED) is 0.481. The molecular weight excluding hydrogens is 408 g/mol. The molecule has 4 aromatic rings. The molecule has 164 valence electrons. The van der Waals surface area contributed by atoms with Gasteiger partial charge in [0.1, 0.15) is 23.1 Å². The third-order valence-electron chi connectivity index (χ3n) is 5.03. The van der Waals surface area contributed by atoms with Gasteiger partial charge in [0.15, 0.2) is 0 Å². The van der Waals surface area contributed by atoms with Crippen LogP contribution in [0.2, 0.25) is 0 Å². The highest BCUT2D eigenvalue weighted by Gasteiger charge is 2.23. The molecule has 0 bridgehead atoms. The Morgan fingerprint density at radius 1 is 1.31 bits per heavy atom. The molecule has 1 aromatic carbocycles. The average molecular weight is 432 g/mol. The summed E-state index contributed by atoms with van der Waals surface area (Å²) in [6.07, 6.45) is 3.32. The van der Waals surface area contributed by atoms with Crippen LogP contribution in [0.4, 0.5) is 5.69 Å². The van der Waals surface area contributed by atoms with Crippen LogP contribution in [-0.4, -0.2) is 42.6 Å². The standard InChI is InChI=1S/C23H24N6O3/c1-14(2)28-12-16-8-19(21(9-18(16)27-28)32-23(3,4)13-30)26-22(31)20-6-5-17-7-15(10-24)11-25-29(17)20/h5-9,11-12,14,30H,13H2,1-4H3,(H,26,31). The molecule has 2 N–H and O–H groups in total. The molecule has 0 atom stereocenters. The maximum atomic E-state index is 13.1. The fraction of sp³-hybridized carbons (Fsp3) is 0.304. The van der Waals surface area contributed by atoms with E-state index < -0.39 is 5.60 Å². The Morgan fingerprint density at radius 2 is 2.09 bits per heavy atom. The molecular formula is C23H24N6O3. The van der Waals surface area contributed by atoms with Gasteiger partial charge >= 0.3 is 0 Å². The molecule has 9 heteroatoms. The van der Waals surface area contributed by atoms with Crippen LogP contribution in [0.25, 0.3) is 16.4 Å². The van der Waals surface area contributed by atoms with Gasteiger partial charge in [0, 0.05) is 23.7 Å². The number of nitrogens with one attached hydrogen (secondary N) is 1. The Balaban J connectivity index is 1.75. The summed E-state index contributed by atoms with van der Waals surface area (Å²) in [6, 6.07) is 10.8. The Morgan fingerprint density at radius 3 is 2.78 bits per heavy atom. The number of carbonyl (C=O) groups is 1. The highest BCUT2D eigenvalue weighted by molar-refractivity contribution is 6.05. The summed E-state index contributed by atoms with van der Waals surface area (Å²) in [5, 5.41) is 31.2. The molecule has 4 rings (SSSR count). The Labute approximate surface area is 184 Å². The lowest BCUT2D eigenvalue weighted by molar-refractivity contribution is 0.0419. The van der Waals surface area contributed by atoms with Crippen molar-refractivity contribution in [3.8, 4) is 11.8 Å². The zero-order valence-corrected chi connectivity index (χ0v) is 18.3. The predicted molar refractivity (Wildman–Crippen MR) is 120 cm³/mol. The van der Waals surface area contributed by atoms with Gasteiger partial charge in [-0.3, -0.25) is 9.48 Å². The summed E-state index contributed by atoms with van der Waals surface area (Å²) in [6.45, 7) is 7.37. The maximum Gasteiger partial charge on any atom is 0.274 e. The minimum Gasteiger partial charge on any atom is -0.483 e. The average Bonchev–Trinajstić information content (AvgIpc) is 3.37. The van der Waals surface area contributed by atoms with E-state index in [1.54, 1.807) is 44.2 Å². The van der Waals surface area contributed by atoms with Crippen molar-refractivity contribution in [1.82, 2.24) is 19.4 Å². The number of amides is 1. The van der Waals surface area contributed by atoms with E-state index >= 15 is 0 Å². The van der Waals surface area contributed by atoms with E-state index in [0.29, 0.717) is 28.2 Å². The molecule has 0 aliphatic rings. The molecule has 0 aliphatic carbocycles. The highest BCUT2D eigenvalue weighted by atomic mass is 16.5. The number of ether oxygens (including phenoxy) is 1. The SMILES string of the molecule is CC(C)n1cc2cc(NC(=O)c3ccc4cc(C#N)cnn34)c(OC(C)(C)CO)cc2n1. The van der Waals surface area contributed by atoms with Crippen LogP contribution in [0.3, 0.4) is 0 Å². The Hall–Kier alpha value is -3.90. The molecule has 0 saturated heterocycles. The number of aliphatic hydroxyl groups excluding tert-OH is 1. The van der Waals surface area contributed by atoms with Crippen LogP contribution in [-0.2, 0) is 0 Å². The van der Waals surface area contributed by atoms with Crippen molar-refractivity contribution in [2.45, 2.75) is 39.3 Å². The van der Waals surface area contributed by atoms with E-state index in [-0.39, 0.29) is 18.6 Å². The largest absolute Gasteiger partial charge is 0.483 e. The second-order valence-corrected chi connectivity index (χ2v) is 8.50. The third-order valence-corrected chi connectivity index (χ3v) is 5.03. The minimum absolute atomic E-state index is 0.176. The van der Waals surface area contributed by atoms with E-state index in [2.05, 4.69) is 15.5 Å². The first-order valence-electron chi connectivity index (χ1n) is 10.2. The van der Waals surface area contributed by atoms with Gasteiger partial charge in [-0.25, -0.2) is 4.52 Å². The van der Waals surface area contributed by atoms with Crippen molar-refractivity contribution < 1.29 is 14.6 Å². The number of nitriles is 1. The number of hydrogen-bond donors (Lipinski definition) is 2. The van der Waals surface area contributed by atoms with Crippen LogP contribution in [0.5, 0.6) is 5.75 Å². The van der Waals surface area contributed by atoms with Gasteiger partial charge in [-0.1, -0.05) is 0 Å². The summed E-state index contributed by atoms with van der Waals surface area (Å²) in [5.74, 6) is 0.0176. The molecule has 0 spiro atoms. The van der Waals surface area contributed by atoms with Crippen molar-refractivity contribution in [3.63, 3.8) is 0 Å². The molecule has 0 unspecified atom stereocenters. The summed E-state index contributed by atoms with van der Waals surface area (Å²) >= 11 is 0. The van der Waals surface area contributed by atoms with Gasteiger partial charge < -0.3 is 15.2 Å². The number of benzene rings is 1. The van der Waals surface area contributed by atoms with E-state index in [1.165, 1.54) is 10.7 Å². The van der Waals surface area contributed by atoms with Gasteiger partial charge in [-0.2, -0.15) is 15.5 Å². The minimum atomic E-state index is -0.856. The molecule has 1 amide bonds. The lowest BCUT2D eigenvalue weighted by Gasteiger charge is -2.25. The van der Waals surface area contributed by atoms with Crippen molar-refractivity contribution in [3.05, 3.63) is 54.0 Å². The molecule has 3 aromatic heterocycles. The summed E-state index contributed by atoms with van der Waals surface area (Å²) in [7, 11) is 0. The van der Waals surface area contributed by atoms with E-state index in [4.69, 9.17) is 10.00 Å². The van der Waals surface area contributed by atoms with Crippen LogP contribution >= 0.6 is 0 Å². The second kappa shape index (κ2) is 7.98. The molecule has 0 fully saturated rings. The monoisotopic (exact) mass is 432 g/mol. The zero-order valence-electron chi connectivity index (χ0n) is 18.3. The molecule has 0 radical (unpaired) electrons. The maximum absolute atomic E-state index is 13.1. The third kappa shape index (κ3) is 4.00. The number of hydrogen-bond acceptors (Lipinski definition) is 6. The molecule has 32 heavy (non-hydrogen) atoms. The normalized spacial score (nSPS) is 11.8. The fourth-order valence-electron chi connectivity index (χ4n) is 3.27. The van der Waals surface area contributed by atoms with Gasteiger partial charge in [-0.05, 0) is 52.0 Å². The number of nitrogens with zero attached hydrogens (tertiary/aromatic N) is 5. The summed E-state index contributed by atoms with van der Waals surface area (Å²) in [5.41, 5.74) is 1.69. The molecule has 0 aliphatic heterocycles. The van der Waals surface area contributed by atoms with E-state index in [1.807, 2.05) is 30.8 Å². The van der Waals surface area contributed by atoms with Crippen LogP contribution < -0.4 is 10.1 Å². The number of aliphatic hydroxyl groups is 1. The van der Waals surface area contributed by atoms with Gasteiger partial charge in [0.05, 0.1) is 35.1 Å². The van der Waals surface area contributed by atoms with Crippen molar-refractivity contribution in [1.29, 1.82) is 5.26 Å². The van der Waals surface area contributed by atoms with Crippen LogP contribution in [0.1, 0.15) is 49.8 Å². The molecule has 9 nitrogen and oxygen atoms in total. The summed E-state index contributed by atoms with van der Waals surface area (Å²) < 4.78 is 9.34. The van der Waals surface area contributed by atoms with Crippen LogP contribution in [0.15, 0.2) is 42.7 Å². The van der Waals surface area contributed by atoms with Gasteiger partial charge in [-0.15, -0.1) is 0 Å². The van der Waals surface area contributed by atoms with E-state index in [9.17, 15) is 9.90 Å². The highest BCUT2D eigenvalue weighted by Crippen LogP contribution is 2.33. The lowest BCUT2D eigenvalue weighted by Crippen LogP contribution is -2.33. The molecule has 0 saturated carbocycles. The Kier molecular flexibility index (Phi) is 5.32. The van der Waals surface area contributed by atoms with Crippen molar-refractivity contribution in [2.75, 3.05) is 11.9 Å². The number of rotatable bonds is 6. The predicted octanol–water partition coefficient (Wildman–Crippen LogP) is 3.54. The lowest BCUT2D eigenvalue weighted by atomic mass is 10.1. The first-order valence-corrected chi connectivity index (χ1v) is 10.2. The zero-order chi connectivity index (χ0) is 23.0. The van der Waals surface area contributed by atoms with Crippen LogP contribution in [0, 0.1) is 11.3 Å². The van der Waals surface area contributed by atoms with Crippen molar-refractivity contribution >= 4 is 28.0 Å². The van der Waals surface area contributed by atoms with E-state index in [0.717, 1.165) is 10.9 Å². The van der Waals surface area contributed by atoms with Crippen molar-refractivity contribution in [2.24, 2.45) is 0 Å². The number of anilines is 1. The second-order valence-electron chi connectivity index (χ2n) is 8.50. The first kappa shape index (κ1) is 21.3. The Bertz CT molecular complexity index is 1360. The number of aromatic nitrogens is 4. The molecule has 3 heterocycles. The fourth-order valence-corrected chi connectivity index (χ4v) is 3.27. The van der Waals surface area contributed by atoms with Gasteiger partial charge in [0.25, 0.3) is 5.91 Å².